The molecular formula is C31H46Cl2N2O6. The Labute approximate surface area is 258 Å². The number of hydrogen-bond acceptors (Lipinski definition) is 8. The van der Waals surface area contributed by atoms with Crippen LogP contribution in [0.15, 0.2) is 36.4 Å². The number of benzene rings is 2. The first kappa shape index (κ1) is 36.2. The molecule has 10 heteroatoms. The summed E-state index contributed by atoms with van der Waals surface area (Å²) in [5.74, 6) is 3.90. The lowest BCUT2D eigenvalue weighted by Gasteiger charge is -2.21. The van der Waals surface area contributed by atoms with Gasteiger partial charge in [0.05, 0.1) is 42.7 Å². The van der Waals surface area contributed by atoms with Gasteiger partial charge in [0.25, 0.3) is 0 Å². The largest absolute Gasteiger partial charge is 0.493 e. The third-order valence-electron chi connectivity index (χ3n) is 6.90. The van der Waals surface area contributed by atoms with E-state index in [0.717, 1.165) is 63.2 Å². The number of halogens is 2. The maximum Gasteiger partial charge on any atom is 0.203 e. The molecule has 230 valence electrons. The molecule has 0 bridgehead atoms. The van der Waals surface area contributed by atoms with E-state index < -0.39 is 0 Å². The van der Waals surface area contributed by atoms with Crippen LogP contribution in [0.4, 0.5) is 0 Å². The summed E-state index contributed by atoms with van der Waals surface area (Å²) in [7, 11) is 9.79. The van der Waals surface area contributed by atoms with Crippen molar-refractivity contribution in [2.45, 2.75) is 19.3 Å². The molecule has 0 radical (unpaired) electrons. The lowest BCUT2D eigenvalue weighted by Crippen LogP contribution is -2.31. The molecule has 0 aliphatic carbocycles. The molecule has 8 nitrogen and oxygen atoms in total. The van der Waals surface area contributed by atoms with E-state index in [9.17, 15) is 0 Å². The second-order valence-corrected chi connectivity index (χ2v) is 9.34. The molecule has 3 rings (SSSR count). The van der Waals surface area contributed by atoms with Gasteiger partial charge in [-0.05, 0) is 67.7 Å². The summed E-state index contributed by atoms with van der Waals surface area (Å²) >= 11 is 0. The predicted octanol–water partition coefficient (Wildman–Crippen LogP) is 6.10. The second-order valence-electron chi connectivity index (χ2n) is 9.34. The Morgan fingerprint density at radius 1 is 0.537 bits per heavy atom. The monoisotopic (exact) mass is 612 g/mol. The van der Waals surface area contributed by atoms with Crippen LogP contribution in [-0.2, 0) is 0 Å². The minimum Gasteiger partial charge on any atom is -0.493 e. The normalized spacial score (nSPS) is 14.2. The van der Waals surface area contributed by atoms with Crippen molar-refractivity contribution in [1.82, 2.24) is 9.80 Å². The number of rotatable bonds is 14. The van der Waals surface area contributed by atoms with Crippen molar-refractivity contribution >= 4 is 37.0 Å². The van der Waals surface area contributed by atoms with Crippen LogP contribution in [0.1, 0.15) is 30.4 Å². The molecule has 1 saturated heterocycles. The van der Waals surface area contributed by atoms with Gasteiger partial charge < -0.3 is 38.2 Å². The smallest absolute Gasteiger partial charge is 0.203 e. The van der Waals surface area contributed by atoms with Crippen LogP contribution in [0.2, 0.25) is 0 Å². The Balaban J connectivity index is 0.00000420. The van der Waals surface area contributed by atoms with E-state index in [4.69, 9.17) is 28.4 Å². The number of methoxy groups -OCH3 is 6. The summed E-state index contributed by atoms with van der Waals surface area (Å²) in [6.45, 7) is 6.56. The molecule has 0 atom stereocenters. The number of ether oxygens (including phenoxy) is 6. The van der Waals surface area contributed by atoms with Crippen molar-refractivity contribution in [2.75, 3.05) is 81.9 Å². The van der Waals surface area contributed by atoms with Crippen molar-refractivity contribution in [3.05, 3.63) is 47.5 Å². The molecule has 41 heavy (non-hydrogen) atoms. The van der Waals surface area contributed by atoms with E-state index in [1.165, 1.54) is 6.42 Å². The first-order valence-electron chi connectivity index (χ1n) is 13.4. The van der Waals surface area contributed by atoms with E-state index in [-0.39, 0.29) is 24.8 Å². The second kappa shape index (κ2) is 19.4. The molecule has 0 aromatic heterocycles. The van der Waals surface area contributed by atoms with Crippen molar-refractivity contribution in [1.29, 1.82) is 0 Å². The summed E-state index contributed by atoms with van der Waals surface area (Å²) in [4.78, 5) is 5.12. The zero-order valence-electron chi connectivity index (χ0n) is 25.1. The first-order valence-corrected chi connectivity index (χ1v) is 13.4. The van der Waals surface area contributed by atoms with Crippen LogP contribution < -0.4 is 28.4 Å². The van der Waals surface area contributed by atoms with Crippen molar-refractivity contribution in [2.24, 2.45) is 0 Å². The number of hydrogen-bond donors (Lipinski definition) is 0. The van der Waals surface area contributed by atoms with Gasteiger partial charge in [-0.15, -0.1) is 24.8 Å². The van der Waals surface area contributed by atoms with E-state index >= 15 is 0 Å². The zero-order chi connectivity index (χ0) is 28.0. The Bertz CT molecular complexity index is 977. The van der Waals surface area contributed by atoms with Gasteiger partial charge in [0.15, 0.2) is 23.0 Å². The van der Waals surface area contributed by atoms with Crippen molar-refractivity contribution in [3.8, 4) is 34.5 Å². The quantitative estimate of drug-likeness (QED) is 0.254. The molecule has 1 fully saturated rings. The Hall–Kier alpha value is -2.78. The average molecular weight is 614 g/mol. The highest BCUT2D eigenvalue weighted by molar-refractivity contribution is 5.85. The van der Waals surface area contributed by atoms with Gasteiger partial charge >= 0.3 is 0 Å². The SMILES string of the molecule is COc1cc(/C=C/CCN2CCCN(CC/C=C/c3cc(OC)c(OC)c(OC)c3)CC2)cc(OC)c1OC.Cl.Cl. The fourth-order valence-electron chi connectivity index (χ4n) is 4.82. The number of nitrogens with zero attached hydrogens (tertiary/aromatic N) is 2. The van der Waals surface area contributed by atoms with Crippen LogP contribution >= 0.6 is 24.8 Å². The zero-order valence-corrected chi connectivity index (χ0v) is 26.8. The summed E-state index contributed by atoms with van der Waals surface area (Å²) in [6, 6.07) is 7.88. The van der Waals surface area contributed by atoms with Gasteiger partial charge in [-0.2, -0.15) is 0 Å². The van der Waals surface area contributed by atoms with Gasteiger partial charge in [-0.25, -0.2) is 0 Å². The summed E-state index contributed by atoms with van der Waals surface area (Å²) in [5, 5.41) is 0. The molecule has 2 aromatic rings. The van der Waals surface area contributed by atoms with Crippen LogP contribution in [0, 0.1) is 0 Å². The van der Waals surface area contributed by atoms with Crippen molar-refractivity contribution < 1.29 is 28.4 Å². The average Bonchev–Trinajstić information content (AvgIpc) is 3.21. The van der Waals surface area contributed by atoms with E-state index in [2.05, 4.69) is 34.1 Å². The summed E-state index contributed by atoms with van der Waals surface area (Å²) in [6.07, 6.45) is 11.9. The maximum absolute atomic E-state index is 5.46. The van der Waals surface area contributed by atoms with Crippen LogP contribution in [0.3, 0.4) is 0 Å². The van der Waals surface area contributed by atoms with Gasteiger partial charge in [0, 0.05) is 26.2 Å². The van der Waals surface area contributed by atoms with Gasteiger partial charge in [0.1, 0.15) is 0 Å². The Morgan fingerprint density at radius 2 is 0.878 bits per heavy atom. The van der Waals surface area contributed by atoms with Crippen LogP contribution in [0.25, 0.3) is 12.2 Å². The minimum absolute atomic E-state index is 0. The van der Waals surface area contributed by atoms with Gasteiger partial charge in [-0.3, -0.25) is 0 Å². The predicted molar refractivity (Wildman–Crippen MR) is 171 cm³/mol. The molecular weight excluding hydrogens is 567 g/mol. The third kappa shape index (κ3) is 10.5. The van der Waals surface area contributed by atoms with E-state index in [0.29, 0.717) is 34.5 Å². The van der Waals surface area contributed by atoms with Crippen LogP contribution in [0.5, 0.6) is 34.5 Å². The first-order chi connectivity index (χ1) is 19.1. The molecule has 0 spiro atoms. The van der Waals surface area contributed by atoms with E-state index in [1.54, 1.807) is 42.7 Å². The summed E-state index contributed by atoms with van der Waals surface area (Å²) < 4.78 is 32.7. The standard InChI is InChI=1S/C31H44N2O6.2ClH/c1-34-26-20-24(21-27(35-2)30(26)38-5)12-7-9-14-32-16-11-17-33(19-18-32)15-10-8-13-25-22-28(36-3)31(39-6)29(23-25)37-4;;/h7-8,12-13,20-23H,9-11,14-19H2,1-6H3;2*1H/b12-7+,13-8+;;. The topological polar surface area (TPSA) is 61.9 Å². The van der Waals surface area contributed by atoms with Gasteiger partial charge in [-0.1, -0.05) is 24.3 Å². The molecule has 0 unspecified atom stereocenters. The van der Waals surface area contributed by atoms with Crippen molar-refractivity contribution in [3.63, 3.8) is 0 Å². The van der Waals surface area contributed by atoms with Crippen LogP contribution in [-0.4, -0.2) is 91.7 Å². The van der Waals surface area contributed by atoms with E-state index in [1.807, 2.05) is 24.3 Å². The Kier molecular flexibility index (Phi) is 17.1. The molecule has 0 amide bonds. The highest BCUT2D eigenvalue weighted by Crippen LogP contribution is 2.39. The molecule has 1 heterocycles. The molecule has 1 aliphatic rings. The fourth-order valence-corrected chi connectivity index (χ4v) is 4.82. The molecule has 0 saturated carbocycles. The van der Waals surface area contributed by atoms with Gasteiger partial charge in [0.2, 0.25) is 11.5 Å². The maximum atomic E-state index is 5.46. The fraction of sp³-hybridized carbons (Fsp3) is 0.484. The lowest BCUT2D eigenvalue weighted by molar-refractivity contribution is 0.262. The lowest BCUT2D eigenvalue weighted by atomic mass is 10.1. The molecule has 1 aliphatic heterocycles. The highest BCUT2D eigenvalue weighted by Gasteiger charge is 2.15. The Morgan fingerprint density at radius 3 is 1.17 bits per heavy atom. The minimum atomic E-state index is 0. The molecule has 2 aromatic carbocycles. The highest BCUT2D eigenvalue weighted by atomic mass is 35.5. The summed E-state index contributed by atoms with van der Waals surface area (Å²) in [5.41, 5.74) is 2.07. The molecule has 0 N–H and O–H groups in total. The third-order valence-corrected chi connectivity index (χ3v) is 6.90.